The van der Waals surface area contributed by atoms with Crippen LogP contribution in [0.5, 0.6) is 0 Å². The topological polar surface area (TPSA) is 97.1 Å². The van der Waals surface area contributed by atoms with Crippen molar-refractivity contribution < 1.29 is 27.4 Å². The Morgan fingerprint density at radius 1 is 1.10 bits per heavy atom. The fourth-order valence-corrected chi connectivity index (χ4v) is 3.10. The van der Waals surface area contributed by atoms with E-state index in [-0.39, 0.29) is 34.0 Å². The number of nitrogens with two attached hydrogens (primary N) is 3. The molecule has 3 rings (SSSR count). The van der Waals surface area contributed by atoms with E-state index in [1.807, 2.05) is 0 Å². The lowest BCUT2D eigenvalue weighted by atomic mass is 9.99. The second-order valence-corrected chi connectivity index (χ2v) is 6.35. The summed E-state index contributed by atoms with van der Waals surface area (Å²) in [6, 6.07) is 9.78. The van der Waals surface area contributed by atoms with Gasteiger partial charge >= 0.3 is 6.18 Å². The molecule has 0 radical (unpaired) electrons. The number of aromatic nitrogens is 1. The summed E-state index contributed by atoms with van der Waals surface area (Å²) in [4.78, 5) is 3.96. The van der Waals surface area contributed by atoms with Gasteiger partial charge in [0.2, 0.25) is 5.84 Å². The number of quaternary nitrogens is 1. The van der Waals surface area contributed by atoms with Crippen molar-refractivity contribution in [3.05, 3.63) is 77.5 Å². The minimum absolute atomic E-state index is 0.0405. The molecule has 0 aliphatic rings. The SMILES string of the molecule is C[NH2+]N(C(=NN)c1cc(-c2ccccc2C(F)(F)F)cnc1N)c1cccc(F)c1F. The maximum atomic E-state index is 14.4. The summed E-state index contributed by atoms with van der Waals surface area (Å²) in [6.45, 7) is 0. The molecule has 0 saturated carbocycles. The molecule has 0 atom stereocenters. The smallest absolute Gasteiger partial charge is 0.383 e. The number of hydrazone groups is 1. The average Bonchev–Trinajstić information content (AvgIpc) is 2.74. The second-order valence-electron chi connectivity index (χ2n) is 6.35. The quantitative estimate of drug-likeness (QED) is 0.192. The molecule has 1 heterocycles. The summed E-state index contributed by atoms with van der Waals surface area (Å²) in [6.07, 6.45) is -3.42. The Morgan fingerprint density at radius 2 is 1.81 bits per heavy atom. The van der Waals surface area contributed by atoms with Crippen molar-refractivity contribution in [3.63, 3.8) is 0 Å². The van der Waals surface area contributed by atoms with Gasteiger partial charge < -0.3 is 11.6 Å². The molecule has 0 aliphatic carbocycles. The molecule has 6 N–H and O–H groups in total. The maximum absolute atomic E-state index is 14.4. The molecule has 0 aliphatic heterocycles. The highest BCUT2D eigenvalue weighted by Crippen LogP contribution is 2.37. The second kappa shape index (κ2) is 8.56. The van der Waals surface area contributed by atoms with E-state index < -0.39 is 23.4 Å². The first-order valence-corrected chi connectivity index (χ1v) is 8.92. The van der Waals surface area contributed by atoms with Gasteiger partial charge in [0.25, 0.3) is 0 Å². The van der Waals surface area contributed by atoms with Crippen molar-refractivity contribution in [2.45, 2.75) is 6.18 Å². The van der Waals surface area contributed by atoms with Crippen LogP contribution in [0.3, 0.4) is 0 Å². The molecule has 0 amide bonds. The van der Waals surface area contributed by atoms with E-state index in [9.17, 15) is 22.0 Å². The van der Waals surface area contributed by atoms with Crippen LogP contribution in [-0.4, -0.2) is 17.9 Å². The minimum atomic E-state index is -4.60. The molecule has 0 spiro atoms. The van der Waals surface area contributed by atoms with E-state index in [2.05, 4.69) is 10.1 Å². The molecule has 31 heavy (non-hydrogen) atoms. The first-order valence-electron chi connectivity index (χ1n) is 8.92. The summed E-state index contributed by atoms with van der Waals surface area (Å²) in [5.41, 5.74) is 6.20. The Kier molecular flexibility index (Phi) is 6.07. The van der Waals surface area contributed by atoms with Crippen molar-refractivity contribution in [2.24, 2.45) is 10.9 Å². The number of nitrogen functional groups attached to an aromatic ring is 1. The van der Waals surface area contributed by atoms with Crippen molar-refractivity contribution in [3.8, 4) is 11.1 Å². The normalized spacial score (nSPS) is 12.1. The highest BCUT2D eigenvalue weighted by atomic mass is 19.4. The third-order valence-electron chi connectivity index (χ3n) is 4.50. The molecule has 11 heteroatoms. The molecule has 3 aromatic rings. The minimum Gasteiger partial charge on any atom is -0.383 e. The van der Waals surface area contributed by atoms with Gasteiger partial charge in [-0.2, -0.15) is 23.3 Å². The zero-order chi connectivity index (χ0) is 22.8. The fourth-order valence-electron chi connectivity index (χ4n) is 3.10. The van der Waals surface area contributed by atoms with E-state index in [1.165, 1.54) is 55.1 Å². The molecule has 0 bridgehead atoms. The molecule has 1 aromatic heterocycles. The third-order valence-corrected chi connectivity index (χ3v) is 4.50. The average molecular weight is 437 g/mol. The first kappa shape index (κ1) is 22.0. The van der Waals surface area contributed by atoms with Crippen LogP contribution in [0, 0.1) is 11.6 Å². The van der Waals surface area contributed by atoms with Crippen molar-refractivity contribution in [1.82, 2.24) is 4.98 Å². The number of nitrogens with zero attached hydrogens (tertiary/aromatic N) is 3. The molecule has 6 nitrogen and oxygen atoms in total. The largest absolute Gasteiger partial charge is 0.417 e. The van der Waals surface area contributed by atoms with E-state index >= 15 is 0 Å². The lowest BCUT2D eigenvalue weighted by molar-refractivity contribution is -0.627. The van der Waals surface area contributed by atoms with Crippen LogP contribution in [0.25, 0.3) is 11.1 Å². The predicted octanol–water partition coefficient (Wildman–Crippen LogP) is 2.86. The number of rotatable bonds is 4. The summed E-state index contributed by atoms with van der Waals surface area (Å²) in [5, 5.41) is 4.75. The van der Waals surface area contributed by atoms with Gasteiger partial charge in [0.05, 0.1) is 18.2 Å². The number of hydrogen-bond acceptors (Lipinski definition) is 4. The van der Waals surface area contributed by atoms with Gasteiger partial charge in [0.1, 0.15) is 11.5 Å². The van der Waals surface area contributed by atoms with Crippen molar-refractivity contribution in [2.75, 3.05) is 17.8 Å². The lowest BCUT2D eigenvalue weighted by Crippen LogP contribution is -2.92. The number of alkyl halides is 3. The zero-order valence-electron chi connectivity index (χ0n) is 16.2. The first-order chi connectivity index (χ1) is 14.7. The summed E-state index contributed by atoms with van der Waals surface area (Å²) < 4.78 is 68.4. The van der Waals surface area contributed by atoms with Crippen LogP contribution in [0.4, 0.5) is 33.5 Å². The predicted molar refractivity (Wildman–Crippen MR) is 106 cm³/mol. The third kappa shape index (κ3) is 4.26. The number of amidine groups is 1. The standard InChI is InChI=1S/C20H17F5N6/c1-28-31(16-8-4-7-15(21)17(16)22)19(30-27)13-9-11(10-29-18(13)26)12-5-2-3-6-14(12)20(23,24)25/h2-10,28H,27H2,1H3,(H2,26,29)/p+1. The van der Waals surface area contributed by atoms with Crippen LogP contribution < -0.4 is 22.0 Å². The van der Waals surface area contributed by atoms with Gasteiger partial charge in [-0.15, -0.1) is 0 Å². The number of halogens is 5. The van der Waals surface area contributed by atoms with Gasteiger partial charge in [-0.25, -0.2) is 19.2 Å². The Hall–Kier alpha value is -3.73. The fraction of sp³-hybridized carbons (Fsp3) is 0.100. The van der Waals surface area contributed by atoms with Crippen LogP contribution in [0.2, 0.25) is 0 Å². The highest BCUT2D eigenvalue weighted by molar-refractivity contribution is 6.11. The monoisotopic (exact) mass is 437 g/mol. The van der Waals surface area contributed by atoms with Crippen molar-refractivity contribution in [1.29, 1.82) is 0 Å². The van der Waals surface area contributed by atoms with Gasteiger partial charge in [0.15, 0.2) is 11.6 Å². The van der Waals surface area contributed by atoms with Crippen LogP contribution in [-0.2, 0) is 6.18 Å². The number of hydrogen-bond donors (Lipinski definition) is 3. The maximum Gasteiger partial charge on any atom is 0.417 e. The summed E-state index contributed by atoms with van der Waals surface area (Å²) >= 11 is 0. The Labute approximate surface area is 174 Å². The van der Waals surface area contributed by atoms with Crippen molar-refractivity contribution >= 4 is 17.3 Å². The van der Waals surface area contributed by atoms with Crippen LogP contribution in [0.1, 0.15) is 11.1 Å². The van der Waals surface area contributed by atoms with Crippen LogP contribution >= 0.6 is 0 Å². The molecule has 2 aromatic carbocycles. The molecule has 162 valence electrons. The lowest BCUT2D eigenvalue weighted by Gasteiger charge is -2.22. The number of benzene rings is 2. The Morgan fingerprint density at radius 3 is 2.45 bits per heavy atom. The molecular weight excluding hydrogens is 419 g/mol. The summed E-state index contributed by atoms with van der Waals surface area (Å²) in [7, 11) is 1.52. The van der Waals surface area contributed by atoms with Crippen LogP contribution in [0.15, 0.2) is 59.8 Å². The van der Waals surface area contributed by atoms with E-state index in [1.54, 1.807) is 0 Å². The van der Waals surface area contributed by atoms with E-state index in [4.69, 9.17) is 11.6 Å². The van der Waals surface area contributed by atoms with E-state index in [0.29, 0.717) is 0 Å². The van der Waals surface area contributed by atoms with Gasteiger partial charge in [-0.1, -0.05) is 24.3 Å². The number of anilines is 2. The molecular formula is C20H18F5N6+. The number of pyridine rings is 1. The van der Waals surface area contributed by atoms with Gasteiger partial charge in [0, 0.05) is 11.8 Å². The zero-order valence-corrected chi connectivity index (χ0v) is 16.2. The Bertz CT molecular complexity index is 1130. The van der Waals surface area contributed by atoms with Gasteiger partial charge in [-0.05, 0) is 29.8 Å². The molecule has 0 unspecified atom stereocenters. The highest BCUT2D eigenvalue weighted by Gasteiger charge is 2.34. The molecule has 0 saturated heterocycles. The Balaban J connectivity index is 2.16. The van der Waals surface area contributed by atoms with E-state index in [0.717, 1.165) is 17.1 Å². The van der Waals surface area contributed by atoms with Gasteiger partial charge in [-0.3, -0.25) is 0 Å². The molecule has 0 fully saturated rings. The summed E-state index contributed by atoms with van der Waals surface area (Å²) in [5.74, 6) is 3.01.